The fraction of sp³-hybridized carbons (Fsp3) is 0.640. The molecule has 32 heavy (non-hydrogen) atoms. The molecule has 0 bridgehead atoms. The molecule has 0 aliphatic carbocycles. The van der Waals surface area contributed by atoms with E-state index in [1.807, 2.05) is 7.05 Å². The maximum atomic E-state index is 5.35. The number of nitrogens with zero attached hydrogens (tertiary/aromatic N) is 5. The van der Waals surface area contributed by atoms with E-state index in [2.05, 4.69) is 74.4 Å². The molecule has 2 aromatic rings. The Hall–Kier alpha value is -2.41. The van der Waals surface area contributed by atoms with Gasteiger partial charge in [0.15, 0.2) is 11.8 Å². The number of aromatic nitrogens is 2. The van der Waals surface area contributed by atoms with Gasteiger partial charge in [-0.15, -0.1) is 0 Å². The summed E-state index contributed by atoms with van der Waals surface area (Å²) in [5.41, 5.74) is 1.43. The van der Waals surface area contributed by atoms with Crippen LogP contribution in [-0.4, -0.2) is 65.2 Å². The zero-order valence-electron chi connectivity index (χ0n) is 19.8. The SMILES string of the molecule is CN=C(NCCCc1nc(C(C)C)no1)N1CCC2C(CCCN2Cc2ccccc2)C1. The van der Waals surface area contributed by atoms with Crippen LogP contribution in [0.4, 0.5) is 0 Å². The third-order valence-electron chi connectivity index (χ3n) is 6.77. The summed E-state index contributed by atoms with van der Waals surface area (Å²) in [7, 11) is 1.89. The summed E-state index contributed by atoms with van der Waals surface area (Å²) in [4.78, 5) is 14.2. The molecule has 2 aliphatic rings. The van der Waals surface area contributed by atoms with Gasteiger partial charge < -0.3 is 14.7 Å². The molecule has 2 unspecified atom stereocenters. The Balaban J connectivity index is 1.25. The Morgan fingerprint density at radius 1 is 1.22 bits per heavy atom. The molecule has 0 radical (unpaired) electrons. The quantitative estimate of drug-likeness (QED) is 0.404. The monoisotopic (exact) mass is 438 g/mol. The fourth-order valence-electron chi connectivity index (χ4n) is 5.09. The van der Waals surface area contributed by atoms with Gasteiger partial charge in [0.2, 0.25) is 5.89 Å². The summed E-state index contributed by atoms with van der Waals surface area (Å²) < 4.78 is 5.35. The van der Waals surface area contributed by atoms with Crippen LogP contribution in [0.5, 0.6) is 0 Å². The lowest BCUT2D eigenvalue weighted by atomic mass is 9.83. The number of hydrogen-bond donors (Lipinski definition) is 1. The summed E-state index contributed by atoms with van der Waals surface area (Å²) in [6.07, 6.45) is 5.56. The van der Waals surface area contributed by atoms with E-state index in [-0.39, 0.29) is 0 Å². The molecule has 1 aromatic heterocycles. The van der Waals surface area contributed by atoms with Gasteiger partial charge in [-0.3, -0.25) is 9.89 Å². The van der Waals surface area contributed by atoms with E-state index in [9.17, 15) is 0 Å². The van der Waals surface area contributed by atoms with Crippen molar-refractivity contribution in [2.75, 3.05) is 33.2 Å². The minimum atomic E-state index is 0.302. The maximum Gasteiger partial charge on any atom is 0.226 e. The van der Waals surface area contributed by atoms with E-state index in [4.69, 9.17) is 4.52 Å². The van der Waals surface area contributed by atoms with Gasteiger partial charge in [0, 0.05) is 51.6 Å². The van der Waals surface area contributed by atoms with Crippen molar-refractivity contribution >= 4 is 5.96 Å². The van der Waals surface area contributed by atoms with Crippen LogP contribution in [0.1, 0.15) is 62.7 Å². The lowest BCUT2D eigenvalue weighted by Crippen LogP contribution is -2.56. The van der Waals surface area contributed by atoms with Gasteiger partial charge in [-0.2, -0.15) is 4.98 Å². The molecular weight excluding hydrogens is 400 g/mol. The van der Waals surface area contributed by atoms with Gasteiger partial charge >= 0.3 is 0 Å². The number of piperidine rings is 2. The summed E-state index contributed by atoms with van der Waals surface area (Å²) >= 11 is 0. The van der Waals surface area contributed by atoms with Gasteiger partial charge in [-0.25, -0.2) is 0 Å². The Morgan fingerprint density at radius 2 is 2.06 bits per heavy atom. The molecule has 0 saturated carbocycles. The first-order valence-electron chi connectivity index (χ1n) is 12.2. The molecular formula is C25H38N6O. The Bertz CT molecular complexity index is 864. The zero-order chi connectivity index (χ0) is 22.3. The molecule has 7 nitrogen and oxygen atoms in total. The first-order chi connectivity index (χ1) is 15.6. The average molecular weight is 439 g/mol. The summed E-state index contributed by atoms with van der Waals surface area (Å²) in [5.74, 6) is 3.56. The van der Waals surface area contributed by atoms with Gasteiger partial charge in [0.1, 0.15) is 0 Å². The number of aryl methyl sites for hydroxylation is 1. The molecule has 4 rings (SSSR count). The van der Waals surface area contributed by atoms with Crippen molar-refractivity contribution in [2.45, 2.75) is 64.5 Å². The topological polar surface area (TPSA) is 69.8 Å². The molecule has 7 heteroatoms. The average Bonchev–Trinajstić information content (AvgIpc) is 3.29. The Kier molecular flexibility index (Phi) is 7.79. The van der Waals surface area contributed by atoms with Crippen molar-refractivity contribution in [3.63, 3.8) is 0 Å². The van der Waals surface area contributed by atoms with Crippen LogP contribution in [0.15, 0.2) is 39.8 Å². The molecule has 2 fully saturated rings. The van der Waals surface area contributed by atoms with E-state index in [1.54, 1.807) is 0 Å². The van der Waals surface area contributed by atoms with Gasteiger partial charge in [-0.05, 0) is 43.7 Å². The maximum absolute atomic E-state index is 5.35. The molecule has 0 amide bonds. The van der Waals surface area contributed by atoms with E-state index in [0.29, 0.717) is 17.9 Å². The minimum absolute atomic E-state index is 0.302. The highest BCUT2D eigenvalue weighted by molar-refractivity contribution is 5.80. The van der Waals surface area contributed by atoms with Crippen molar-refractivity contribution < 1.29 is 4.52 Å². The van der Waals surface area contributed by atoms with Gasteiger partial charge in [0.05, 0.1) is 0 Å². The van der Waals surface area contributed by atoms with Crippen LogP contribution in [-0.2, 0) is 13.0 Å². The molecule has 2 saturated heterocycles. The second-order valence-corrected chi connectivity index (χ2v) is 9.44. The first-order valence-corrected chi connectivity index (χ1v) is 12.2. The minimum Gasteiger partial charge on any atom is -0.356 e. The largest absolute Gasteiger partial charge is 0.356 e. The van der Waals surface area contributed by atoms with Crippen LogP contribution < -0.4 is 5.32 Å². The van der Waals surface area contributed by atoms with E-state index < -0.39 is 0 Å². The fourth-order valence-corrected chi connectivity index (χ4v) is 5.09. The third-order valence-corrected chi connectivity index (χ3v) is 6.77. The summed E-state index contributed by atoms with van der Waals surface area (Å²) in [6.45, 7) is 9.47. The van der Waals surface area contributed by atoms with Crippen molar-refractivity contribution in [3.8, 4) is 0 Å². The highest BCUT2D eigenvalue weighted by atomic mass is 16.5. The number of aliphatic imine (C=N–C) groups is 1. The first kappa shape index (κ1) is 22.8. The predicted molar refractivity (Wildman–Crippen MR) is 128 cm³/mol. The van der Waals surface area contributed by atoms with Crippen LogP contribution in [0.2, 0.25) is 0 Å². The smallest absolute Gasteiger partial charge is 0.226 e. The number of fused-ring (bicyclic) bond motifs is 1. The number of benzene rings is 1. The van der Waals surface area contributed by atoms with Crippen LogP contribution in [0.3, 0.4) is 0 Å². The Labute approximate surface area is 192 Å². The highest BCUT2D eigenvalue weighted by Crippen LogP contribution is 2.31. The standard InChI is InChI=1S/C25H38N6O/c1-19(2)24-28-23(32-29-24)12-7-14-27-25(26-3)31-16-13-22-21(18-31)11-8-15-30(22)17-20-9-5-4-6-10-20/h4-6,9-10,19,21-22H,7-8,11-18H2,1-3H3,(H,26,27). The number of guanidine groups is 1. The number of nitrogens with one attached hydrogen (secondary N) is 1. The zero-order valence-corrected chi connectivity index (χ0v) is 19.8. The molecule has 1 aromatic carbocycles. The van der Waals surface area contributed by atoms with Crippen molar-refractivity contribution in [3.05, 3.63) is 47.6 Å². The van der Waals surface area contributed by atoms with E-state index >= 15 is 0 Å². The summed E-state index contributed by atoms with van der Waals surface area (Å²) in [6, 6.07) is 11.6. The predicted octanol–water partition coefficient (Wildman–Crippen LogP) is 3.69. The molecule has 2 aliphatic heterocycles. The molecule has 2 atom stereocenters. The van der Waals surface area contributed by atoms with E-state index in [0.717, 1.165) is 56.7 Å². The van der Waals surface area contributed by atoms with Gasteiger partial charge in [0.25, 0.3) is 0 Å². The van der Waals surface area contributed by atoms with Gasteiger partial charge in [-0.1, -0.05) is 49.3 Å². The van der Waals surface area contributed by atoms with Crippen molar-refractivity contribution in [1.82, 2.24) is 25.3 Å². The van der Waals surface area contributed by atoms with E-state index in [1.165, 1.54) is 31.4 Å². The molecule has 1 N–H and O–H groups in total. The molecule has 174 valence electrons. The lowest BCUT2D eigenvalue weighted by Gasteiger charge is -2.48. The number of hydrogen-bond acceptors (Lipinski definition) is 5. The van der Waals surface area contributed by atoms with Crippen LogP contribution in [0.25, 0.3) is 0 Å². The van der Waals surface area contributed by atoms with Crippen molar-refractivity contribution in [1.29, 1.82) is 0 Å². The number of likely N-dealkylation sites (tertiary alicyclic amines) is 2. The molecule has 0 spiro atoms. The molecule has 3 heterocycles. The van der Waals surface area contributed by atoms with Crippen molar-refractivity contribution in [2.24, 2.45) is 10.9 Å². The summed E-state index contributed by atoms with van der Waals surface area (Å²) in [5, 5.41) is 7.61. The van der Waals surface area contributed by atoms with Crippen LogP contribution in [0, 0.1) is 5.92 Å². The Morgan fingerprint density at radius 3 is 2.81 bits per heavy atom. The van der Waals surface area contributed by atoms with Crippen LogP contribution >= 0.6 is 0 Å². The highest BCUT2D eigenvalue weighted by Gasteiger charge is 2.36. The normalized spacial score (nSPS) is 22.2. The second kappa shape index (κ2) is 10.9. The third kappa shape index (κ3) is 5.68. The second-order valence-electron chi connectivity index (χ2n) is 9.44. The lowest BCUT2D eigenvalue weighted by molar-refractivity contribution is 0.0372. The number of rotatable bonds is 7.